The Hall–Kier alpha value is -4.32. The van der Waals surface area contributed by atoms with Crippen molar-refractivity contribution in [3.63, 3.8) is 0 Å². The maximum atomic E-state index is 11.6. The van der Waals surface area contributed by atoms with Gasteiger partial charge in [0.15, 0.2) is 5.69 Å². The largest absolute Gasteiger partial charge is 0.741 e. The maximum Gasteiger partial charge on any atom is 0.398 e. The molecule has 4 aromatic heterocycles. The summed E-state index contributed by atoms with van der Waals surface area (Å²) in [4.78, 5) is 24.7. The molecule has 40 heavy (non-hydrogen) atoms. The van der Waals surface area contributed by atoms with Gasteiger partial charge in [-0.25, -0.2) is 4.57 Å². The van der Waals surface area contributed by atoms with Gasteiger partial charge in [-0.05, 0) is 31.7 Å². The molecule has 0 amide bonds. The van der Waals surface area contributed by atoms with Gasteiger partial charge in [-0.15, -0.1) is 0 Å². The molecule has 1 aliphatic heterocycles. The molecule has 0 unspecified atom stereocenters. The molecule has 6 rings (SSSR count). The lowest BCUT2D eigenvalue weighted by Gasteiger charge is -2.30. The van der Waals surface area contributed by atoms with E-state index in [2.05, 4.69) is 26.6 Å². The molecule has 0 N–H and O–H groups in total. The molecule has 208 valence electrons. The standard InChI is InChI=1S/C28H32N8O4/c1-34-20(15-32-28(34)35(2)37)18-39-22-13-23-24(31-16-22)14-26(36-9-11-38-12-10-36)33-27(23)40-21-5-3-19(4-6-21)25-17-29-7-8-30-25/h7-8,13-17,19,21H,2-6,9-12,18H2,1H3/t19-,21+. The second-order valence-electron chi connectivity index (χ2n) is 10.1. The summed E-state index contributed by atoms with van der Waals surface area (Å²) < 4.78 is 20.3. The maximum absolute atomic E-state index is 11.6. The van der Waals surface area contributed by atoms with Gasteiger partial charge in [-0.1, -0.05) is 4.98 Å². The van der Waals surface area contributed by atoms with E-state index in [4.69, 9.17) is 24.2 Å². The number of nitrogens with zero attached hydrogens (tertiary/aromatic N) is 8. The number of aromatic nitrogens is 6. The highest BCUT2D eigenvalue weighted by atomic mass is 16.5. The molecule has 0 atom stereocenters. The van der Waals surface area contributed by atoms with Crippen molar-refractivity contribution >= 4 is 29.4 Å². The lowest BCUT2D eigenvalue weighted by molar-refractivity contribution is -0.362. The summed E-state index contributed by atoms with van der Waals surface area (Å²) in [5, 5.41) is 12.4. The first-order valence-corrected chi connectivity index (χ1v) is 13.5. The van der Waals surface area contributed by atoms with Crippen LogP contribution in [0.3, 0.4) is 0 Å². The second kappa shape index (κ2) is 11.4. The Labute approximate surface area is 231 Å². The van der Waals surface area contributed by atoms with Crippen molar-refractivity contribution < 1.29 is 18.9 Å². The number of fused-ring (bicyclic) bond motifs is 1. The summed E-state index contributed by atoms with van der Waals surface area (Å²) in [6.07, 6.45) is 12.4. The van der Waals surface area contributed by atoms with Crippen molar-refractivity contribution in [2.45, 2.75) is 44.3 Å². The van der Waals surface area contributed by atoms with E-state index in [1.807, 2.05) is 18.3 Å². The third-order valence-corrected chi connectivity index (χ3v) is 7.56. The van der Waals surface area contributed by atoms with Crippen LogP contribution in [-0.4, -0.2) is 73.4 Å². The zero-order valence-corrected chi connectivity index (χ0v) is 22.5. The van der Waals surface area contributed by atoms with Gasteiger partial charge in [0.05, 0.1) is 43.1 Å². The van der Waals surface area contributed by atoms with E-state index in [9.17, 15) is 5.21 Å². The van der Waals surface area contributed by atoms with Gasteiger partial charge in [0, 0.05) is 50.4 Å². The predicted molar refractivity (Wildman–Crippen MR) is 148 cm³/mol. The molecule has 12 heteroatoms. The van der Waals surface area contributed by atoms with Crippen LogP contribution in [0.25, 0.3) is 10.9 Å². The molecule has 1 saturated heterocycles. The first-order chi connectivity index (χ1) is 19.5. The van der Waals surface area contributed by atoms with Gasteiger partial charge in [0.1, 0.15) is 30.5 Å². The summed E-state index contributed by atoms with van der Waals surface area (Å²) in [6.45, 7) is 6.43. The highest BCUT2D eigenvalue weighted by Gasteiger charge is 2.26. The smallest absolute Gasteiger partial charge is 0.398 e. The average Bonchev–Trinajstić information content (AvgIpc) is 3.37. The first-order valence-electron chi connectivity index (χ1n) is 13.5. The quantitative estimate of drug-likeness (QED) is 0.141. The molecule has 2 fully saturated rings. The van der Waals surface area contributed by atoms with Gasteiger partial charge in [-0.3, -0.25) is 19.7 Å². The molecule has 5 heterocycles. The van der Waals surface area contributed by atoms with Crippen molar-refractivity contribution in [3.05, 3.63) is 59.7 Å². The van der Waals surface area contributed by atoms with Crippen LogP contribution in [0.1, 0.15) is 43.0 Å². The Morgan fingerprint density at radius 2 is 1.88 bits per heavy atom. The van der Waals surface area contributed by atoms with Crippen molar-refractivity contribution in [2.75, 3.05) is 31.2 Å². The molecule has 12 nitrogen and oxygen atoms in total. The number of anilines is 1. The van der Waals surface area contributed by atoms with Crippen LogP contribution < -0.4 is 14.4 Å². The average molecular weight is 545 g/mol. The van der Waals surface area contributed by atoms with Crippen molar-refractivity contribution in [1.82, 2.24) is 29.5 Å². The molecule has 4 aromatic rings. The number of pyridine rings is 2. The molecule has 0 radical (unpaired) electrons. The van der Waals surface area contributed by atoms with E-state index in [1.54, 1.807) is 36.4 Å². The minimum atomic E-state index is 0.0405. The number of hydrogen-bond acceptors (Lipinski definition) is 10. The van der Waals surface area contributed by atoms with Crippen LogP contribution >= 0.6 is 0 Å². The fourth-order valence-corrected chi connectivity index (χ4v) is 5.30. The van der Waals surface area contributed by atoms with E-state index in [0.717, 1.165) is 66.9 Å². The minimum Gasteiger partial charge on any atom is -0.741 e. The Kier molecular flexibility index (Phi) is 7.41. The molecule has 2 aliphatic rings. The monoisotopic (exact) mass is 544 g/mol. The zero-order chi connectivity index (χ0) is 27.5. The molecule has 1 saturated carbocycles. The topological polar surface area (TPSA) is 126 Å². The molecule has 1 aliphatic carbocycles. The van der Waals surface area contributed by atoms with Crippen LogP contribution in [-0.2, 0) is 18.4 Å². The molecule has 0 aromatic carbocycles. The molecular weight excluding hydrogens is 512 g/mol. The lowest BCUT2D eigenvalue weighted by Crippen LogP contribution is -2.36. The van der Waals surface area contributed by atoms with Gasteiger partial charge >= 0.3 is 5.95 Å². The third kappa shape index (κ3) is 5.53. The lowest BCUT2D eigenvalue weighted by atomic mass is 9.85. The van der Waals surface area contributed by atoms with E-state index in [-0.39, 0.29) is 18.7 Å². The van der Waals surface area contributed by atoms with Crippen molar-refractivity contribution in [2.24, 2.45) is 7.05 Å². The number of hydrogen-bond donors (Lipinski definition) is 0. The van der Waals surface area contributed by atoms with Crippen LogP contribution in [0.2, 0.25) is 0 Å². The van der Waals surface area contributed by atoms with Gasteiger partial charge < -0.3 is 24.3 Å². The highest BCUT2D eigenvalue weighted by Crippen LogP contribution is 2.36. The summed E-state index contributed by atoms with van der Waals surface area (Å²) in [5.41, 5.74) is 2.56. The van der Waals surface area contributed by atoms with Crippen LogP contribution in [0, 0.1) is 5.21 Å². The van der Waals surface area contributed by atoms with Crippen LogP contribution in [0.5, 0.6) is 11.6 Å². The Morgan fingerprint density at radius 1 is 1.05 bits per heavy atom. The normalized spacial score (nSPS) is 19.5. The Morgan fingerprint density at radius 3 is 2.60 bits per heavy atom. The van der Waals surface area contributed by atoms with E-state index in [0.29, 0.717) is 35.5 Å². The fourth-order valence-electron chi connectivity index (χ4n) is 5.30. The molecular formula is C28H32N8O4. The Balaban J connectivity index is 1.24. The van der Waals surface area contributed by atoms with Crippen LogP contribution in [0.4, 0.5) is 11.8 Å². The fraction of sp³-hybridized carbons (Fsp3) is 0.429. The summed E-state index contributed by atoms with van der Waals surface area (Å²) in [6, 6.07) is 3.91. The number of morpholine rings is 1. The minimum absolute atomic E-state index is 0.0405. The highest BCUT2D eigenvalue weighted by molar-refractivity contribution is 5.87. The Bertz CT molecular complexity index is 1480. The van der Waals surface area contributed by atoms with E-state index < -0.39 is 0 Å². The number of rotatable bonds is 8. The summed E-state index contributed by atoms with van der Waals surface area (Å²) in [5.74, 6) is 2.56. The summed E-state index contributed by atoms with van der Waals surface area (Å²) >= 11 is 0. The number of ether oxygens (including phenoxy) is 3. The van der Waals surface area contributed by atoms with Crippen molar-refractivity contribution in [1.29, 1.82) is 0 Å². The summed E-state index contributed by atoms with van der Waals surface area (Å²) in [7, 11) is 1.75. The van der Waals surface area contributed by atoms with Gasteiger partial charge in [0.25, 0.3) is 0 Å². The van der Waals surface area contributed by atoms with Gasteiger partial charge in [-0.2, -0.15) is 4.98 Å². The third-order valence-electron chi connectivity index (χ3n) is 7.56. The van der Waals surface area contributed by atoms with E-state index in [1.165, 1.54) is 0 Å². The first kappa shape index (κ1) is 25.9. The van der Waals surface area contributed by atoms with E-state index >= 15 is 0 Å². The van der Waals surface area contributed by atoms with Gasteiger partial charge in [0.2, 0.25) is 5.88 Å². The van der Waals surface area contributed by atoms with Crippen LogP contribution in [0.15, 0.2) is 43.1 Å². The zero-order valence-electron chi connectivity index (χ0n) is 22.5. The molecule has 0 bridgehead atoms. The second-order valence-corrected chi connectivity index (χ2v) is 10.1. The predicted octanol–water partition coefficient (Wildman–Crippen LogP) is 3.52. The van der Waals surface area contributed by atoms with Crippen molar-refractivity contribution in [3.8, 4) is 11.6 Å². The SMILES string of the molecule is C=[N+]([O-])c1ncc(COc2cnc3cc(N4CCOCC4)nc(O[C@H]4CC[C@@H](c5cnccn5)CC4)c3c2)n1C. The number of imidazole rings is 1. The molecule has 0 spiro atoms.